The van der Waals surface area contributed by atoms with Gasteiger partial charge < -0.3 is 14.4 Å². The molecule has 4 heterocycles. The highest BCUT2D eigenvalue weighted by molar-refractivity contribution is 5.72. The molecule has 0 N–H and O–H groups in total. The second-order valence-electron chi connectivity index (χ2n) is 10.6. The molecule has 0 amide bonds. The lowest BCUT2D eigenvalue weighted by molar-refractivity contribution is 0.242. The predicted molar refractivity (Wildman–Crippen MR) is 140 cm³/mol. The number of anilines is 1. The number of nitrogens with zero attached hydrogens (tertiary/aromatic N) is 6. The van der Waals surface area contributed by atoms with Crippen molar-refractivity contribution in [1.29, 1.82) is 5.26 Å². The van der Waals surface area contributed by atoms with E-state index in [-0.39, 0.29) is 0 Å². The van der Waals surface area contributed by atoms with Gasteiger partial charge in [-0.1, -0.05) is 19.1 Å². The minimum Gasteiger partial charge on any atom is -0.371 e. The molecule has 6 rings (SSSR count). The molecule has 0 bridgehead atoms. The van der Waals surface area contributed by atoms with Crippen molar-refractivity contribution < 1.29 is 0 Å². The van der Waals surface area contributed by atoms with Crippen LogP contribution in [0, 0.1) is 16.7 Å². The molecule has 176 valence electrons. The number of benzene rings is 2. The second-order valence-corrected chi connectivity index (χ2v) is 10.6. The highest BCUT2D eigenvalue weighted by Gasteiger charge is 2.34. The Morgan fingerprint density at radius 1 is 1.09 bits per heavy atom. The number of hydrogen-bond donors (Lipinski definition) is 0. The molecule has 1 fully saturated rings. The van der Waals surface area contributed by atoms with Gasteiger partial charge in [-0.2, -0.15) is 5.26 Å². The fraction of sp³-hybridized carbons (Fsp3) is 0.310. The number of hydrogen-bond acceptors (Lipinski definition) is 4. The predicted octanol–water partition coefficient (Wildman–Crippen LogP) is 5.02. The Kier molecular flexibility index (Phi) is 5.05. The van der Waals surface area contributed by atoms with Crippen LogP contribution < -0.4 is 4.90 Å². The molecule has 0 aliphatic carbocycles. The molecular formula is C29H30N6. The topological polar surface area (TPSA) is 53.0 Å². The van der Waals surface area contributed by atoms with E-state index in [1.807, 2.05) is 30.5 Å². The molecule has 2 aromatic heterocycles. The van der Waals surface area contributed by atoms with Gasteiger partial charge in [0.2, 0.25) is 0 Å². The molecule has 1 unspecified atom stereocenters. The van der Waals surface area contributed by atoms with Gasteiger partial charge in [0.15, 0.2) is 5.82 Å². The van der Waals surface area contributed by atoms with Crippen LogP contribution in [0.4, 0.5) is 5.69 Å². The molecule has 35 heavy (non-hydrogen) atoms. The summed E-state index contributed by atoms with van der Waals surface area (Å²) in [6.07, 6.45) is 7.36. The van der Waals surface area contributed by atoms with Gasteiger partial charge in [-0.25, -0.2) is 4.98 Å². The van der Waals surface area contributed by atoms with Crippen molar-refractivity contribution in [2.24, 2.45) is 5.41 Å². The van der Waals surface area contributed by atoms with Crippen LogP contribution >= 0.6 is 0 Å². The van der Waals surface area contributed by atoms with Crippen LogP contribution in [0.2, 0.25) is 0 Å². The summed E-state index contributed by atoms with van der Waals surface area (Å²) in [5, 5.41) is 9.14. The maximum absolute atomic E-state index is 9.14. The van der Waals surface area contributed by atoms with E-state index >= 15 is 0 Å². The Bertz CT molecular complexity index is 1430. The number of fused-ring (bicyclic) bond motifs is 5. The van der Waals surface area contributed by atoms with Crippen molar-refractivity contribution in [3.8, 4) is 34.4 Å². The number of imidazole rings is 1. The van der Waals surface area contributed by atoms with Crippen molar-refractivity contribution in [3.63, 3.8) is 0 Å². The molecule has 2 aliphatic heterocycles. The first kappa shape index (κ1) is 21.7. The fourth-order valence-corrected chi connectivity index (χ4v) is 5.86. The Balaban J connectivity index is 1.37. The van der Waals surface area contributed by atoms with Crippen molar-refractivity contribution in [2.75, 3.05) is 38.6 Å². The fourth-order valence-electron chi connectivity index (χ4n) is 5.86. The maximum Gasteiger partial charge on any atom is 0.161 e. The molecule has 0 radical (unpaired) electrons. The van der Waals surface area contributed by atoms with Crippen LogP contribution in [0.25, 0.3) is 28.3 Å². The van der Waals surface area contributed by atoms with E-state index in [1.165, 1.54) is 23.4 Å². The van der Waals surface area contributed by atoms with Gasteiger partial charge in [0.1, 0.15) is 0 Å². The van der Waals surface area contributed by atoms with Gasteiger partial charge in [-0.05, 0) is 73.5 Å². The summed E-state index contributed by atoms with van der Waals surface area (Å²) in [7, 11) is 4.33. The summed E-state index contributed by atoms with van der Waals surface area (Å²) in [6, 6.07) is 19.1. The summed E-state index contributed by atoms with van der Waals surface area (Å²) in [6.45, 7) is 6.48. The lowest BCUT2D eigenvalue weighted by atomic mass is 9.89. The van der Waals surface area contributed by atoms with E-state index < -0.39 is 0 Å². The maximum atomic E-state index is 9.14. The first-order valence-electron chi connectivity index (χ1n) is 12.2. The molecule has 2 aliphatic rings. The second kappa shape index (κ2) is 8.14. The lowest BCUT2D eigenvalue weighted by Crippen LogP contribution is -2.34. The van der Waals surface area contributed by atoms with E-state index in [0.29, 0.717) is 11.0 Å². The summed E-state index contributed by atoms with van der Waals surface area (Å²) >= 11 is 0. The zero-order valence-electron chi connectivity index (χ0n) is 20.6. The molecule has 1 atom stereocenters. The molecule has 0 saturated carbocycles. The monoisotopic (exact) mass is 462 g/mol. The average Bonchev–Trinajstić information content (AvgIpc) is 3.56. The Morgan fingerprint density at radius 2 is 1.91 bits per heavy atom. The van der Waals surface area contributed by atoms with Crippen molar-refractivity contribution in [2.45, 2.75) is 19.9 Å². The van der Waals surface area contributed by atoms with Crippen LogP contribution in [-0.2, 0) is 6.54 Å². The minimum atomic E-state index is 0.317. The number of rotatable bonds is 4. The van der Waals surface area contributed by atoms with Gasteiger partial charge in [0, 0.05) is 56.0 Å². The van der Waals surface area contributed by atoms with Crippen molar-refractivity contribution in [1.82, 2.24) is 19.0 Å². The highest BCUT2D eigenvalue weighted by Crippen LogP contribution is 2.38. The third-order valence-electron chi connectivity index (χ3n) is 7.40. The first-order chi connectivity index (χ1) is 16.9. The Morgan fingerprint density at radius 3 is 2.69 bits per heavy atom. The van der Waals surface area contributed by atoms with E-state index in [0.717, 1.165) is 48.8 Å². The Hall–Kier alpha value is -3.82. The summed E-state index contributed by atoms with van der Waals surface area (Å²) in [4.78, 5) is 9.57. The smallest absolute Gasteiger partial charge is 0.161 e. The minimum absolute atomic E-state index is 0.317. The molecule has 2 aromatic carbocycles. The number of aromatic nitrogens is 3. The van der Waals surface area contributed by atoms with Gasteiger partial charge in [-0.15, -0.1) is 0 Å². The zero-order valence-corrected chi connectivity index (χ0v) is 20.6. The van der Waals surface area contributed by atoms with Crippen LogP contribution in [0.15, 0.2) is 67.1 Å². The van der Waals surface area contributed by atoms with Crippen molar-refractivity contribution >= 4 is 5.69 Å². The molecule has 0 spiro atoms. The largest absolute Gasteiger partial charge is 0.371 e. The molecular weight excluding hydrogens is 432 g/mol. The summed E-state index contributed by atoms with van der Waals surface area (Å²) in [5.41, 5.74) is 8.13. The van der Waals surface area contributed by atoms with Crippen LogP contribution in [-0.4, -0.2) is 52.7 Å². The van der Waals surface area contributed by atoms with E-state index in [4.69, 9.17) is 10.2 Å². The van der Waals surface area contributed by atoms with Crippen molar-refractivity contribution in [3.05, 3.63) is 78.2 Å². The normalized spacial score (nSPS) is 18.7. The van der Waals surface area contributed by atoms with Crippen LogP contribution in [0.1, 0.15) is 24.5 Å². The summed E-state index contributed by atoms with van der Waals surface area (Å²) in [5.74, 6) is 0.955. The number of nitriles is 1. The van der Waals surface area contributed by atoms with Gasteiger partial charge in [-0.3, -0.25) is 4.57 Å². The summed E-state index contributed by atoms with van der Waals surface area (Å²) < 4.78 is 4.52. The zero-order chi connectivity index (χ0) is 24.2. The lowest BCUT2D eigenvalue weighted by Gasteiger charge is -2.29. The van der Waals surface area contributed by atoms with Gasteiger partial charge >= 0.3 is 0 Å². The highest BCUT2D eigenvalue weighted by atomic mass is 15.2. The quantitative estimate of drug-likeness (QED) is 0.376. The van der Waals surface area contributed by atoms with Gasteiger partial charge in [0.25, 0.3) is 0 Å². The molecule has 4 aromatic rings. The van der Waals surface area contributed by atoms with E-state index in [9.17, 15) is 0 Å². The standard InChI is InChI=1S/C29H30N6/c1-29(19-32(2)3)10-12-33(20-29)25-8-9-26-24(14-25)18-34-17-23(22-6-4-21(16-30)5-7-22)15-27(34)28-31-11-13-35(26)28/h4-9,11,13-15,17H,10,12,18-20H2,1-3H3. The SMILES string of the molecule is CN(C)CC1(C)CCN(c2ccc3c(c2)Cn2cc(-c4ccc(C#N)cc4)cc2-c2nccn2-3)C1. The van der Waals surface area contributed by atoms with Crippen LogP contribution in [0.5, 0.6) is 0 Å². The van der Waals surface area contributed by atoms with E-state index in [1.54, 1.807) is 0 Å². The third-order valence-corrected chi connectivity index (χ3v) is 7.40. The molecule has 1 saturated heterocycles. The molecule has 6 heteroatoms. The van der Waals surface area contributed by atoms with E-state index in [2.05, 4.69) is 82.7 Å². The molecule has 6 nitrogen and oxygen atoms in total. The van der Waals surface area contributed by atoms with Crippen LogP contribution in [0.3, 0.4) is 0 Å². The Labute approximate surface area is 206 Å². The average molecular weight is 463 g/mol. The third kappa shape index (κ3) is 3.82. The first-order valence-corrected chi connectivity index (χ1v) is 12.2. The van der Waals surface area contributed by atoms with Gasteiger partial charge in [0.05, 0.1) is 23.0 Å².